The van der Waals surface area contributed by atoms with Crippen LogP contribution >= 0.6 is 23.2 Å². The van der Waals surface area contributed by atoms with Crippen LogP contribution in [-0.2, 0) is 25.3 Å². The zero-order valence-electron chi connectivity index (χ0n) is 26.0. The van der Waals surface area contributed by atoms with Crippen LogP contribution in [0.1, 0.15) is 33.9 Å². The number of urea groups is 1. The molecule has 4 heterocycles. The summed E-state index contributed by atoms with van der Waals surface area (Å²) in [5, 5.41) is 8.35. The summed E-state index contributed by atoms with van der Waals surface area (Å²) < 4.78 is 7.79. The fraction of sp³-hybridized carbons (Fsp3) is 0.273. The second kappa shape index (κ2) is 11.6. The SMILES string of the molecule is COc1nc(-c2cccc(-c3cccc(NC(=O)c4cn(C)c(=O)n(C)c4=O)c3Cl)c2Cl)cc2c1C(N1CC3(C1)NC(=O)NC3=O)CC2. The number of nitrogens with one attached hydrogen (secondary N) is 3. The summed E-state index contributed by atoms with van der Waals surface area (Å²) in [5.74, 6) is -0.567. The van der Waals surface area contributed by atoms with Gasteiger partial charge in [-0.2, -0.15) is 0 Å². The number of aromatic nitrogens is 3. The van der Waals surface area contributed by atoms with Crippen LogP contribution in [0.15, 0.2) is 58.3 Å². The first-order valence-electron chi connectivity index (χ1n) is 15.0. The molecule has 3 aliphatic rings. The molecule has 0 radical (unpaired) electrons. The van der Waals surface area contributed by atoms with Gasteiger partial charge in [-0.15, -0.1) is 0 Å². The van der Waals surface area contributed by atoms with E-state index in [0.717, 1.165) is 33.1 Å². The molecule has 1 aliphatic carbocycles. The highest BCUT2D eigenvalue weighted by Crippen LogP contribution is 2.47. The number of ether oxygens (including phenoxy) is 1. The number of anilines is 1. The Bertz CT molecular complexity index is 2190. The van der Waals surface area contributed by atoms with E-state index in [2.05, 4.69) is 20.9 Å². The average molecular weight is 691 g/mol. The Labute approximate surface area is 283 Å². The number of methoxy groups -OCH3 is 1. The van der Waals surface area contributed by atoms with E-state index in [4.69, 9.17) is 32.9 Å². The van der Waals surface area contributed by atoms with Crippen molar-refractivity contribution in [2.45, 2.75) is 24.4 Å². The van der Waals surface area contributed by atoms with Gasteiger partial charge < -0.3 is 19.9 Å². The van der Waals surface area contributed by atoms with Crippen molar-refractivity contribution < 1.29 is 19.1 Å². The molecule has 48 heavy (non-hydrogen) atoms. The van der Waals surface area contributed by atoms with E-state index >= 15 is 0 Å². The molecule has 2 aromatic heterocycles. The summed E-state index contributed by atoms with van der Waals surface area (Å²) in [6.45, 7) is 0.796. The Kier molecular flexibility index (Phi) is 7.65. The zero-order valence-corrected chi connectivity index (χ0v) is 27.5. The van der Waals surface area contributed by atoms with Crippen molar-refractivity contribution in [1.29, 1.82) is 0 Å². The van der Waals surface area contributed by atoms with Crippen LogP contribution in [0.3, 0.4) is 0 Å². The number of halogens is 2. The minimum absolute atomic E-state index is 0.0213. The minimum atomic E-state index is -0.895. The molecule has 0 bridgehead atoms. The van der Waals surface area contributed by atoms with Gasteiger partial charge >= 0.3 is 11.7 Å². The third-order valence-corrected chi connectivity index (χ3v) is 10.0. The van der Waals surface area contributed by atoms with Crippen LogP contribution in [0, 0.1) is 0 Å². The lowest BCUT2D eigenvalue weighted by Gasteiger charge is -2.48. The van der Waals surface area contributed by atoms with Crippen molar-refractivity contribution in [1.82, 2.24) is 29.7 Å². The average Bonchev–Trinajstić information content (AvgIpc) is 3.61. The third-order valence-electron chi connectivity index (χ3n) is 9.23. The van der Waals surface area contributed by atoms with Crippen LogP contribution < -0.4 is 31.9 Å². The number of rotatable bonds is 6. The highest BCUT2D eigenvalue weighted by atomic mass is 35.5. The van der Waals surface area contributed by atoms with E-state index in [-0.39, 0.29) is 28.2 Å². The van der Waals surface area contributed by atoms with Gasteiger partial charge in [0.15, 0.2) is 0 Å². The van der Waals surface area contributed by atoms with E-state index < -0.39 is 28.7 Å². The van der Waals surface area contributed by atoms with Gasteiger partial charge in [0.1, 0.15) is 11.1 Å². The van der Waals surface area contributed by atoms with E-state index in [0.29, 0.717) is 46.4 Å². The monoisotopic (exact) mass is 689 g/mol. The zero-order chi connectivity index (χ0) is 34.1. The molecule has 7 rings (SSSR count). The quantitative estimate of drug-likeness (QED) is 0.261. The number of benzene rings is 2. The van der Waals surface area contributed by atoms with E-state index in [1.807, 2.05) is 18.2 Å². The van der Waals surface area contributed by atoms with Crippen molar-refractivity contribution >= 4 is 46.7 Å². The highest BCUT2D eigenvalue weighted by molar-refractivity contribution is 6.39. The topological polar surface area (TPSA) is 157 Å². The largest absolute Gasteiger partial charge is 0.481 e. The number of imide groups is 1. The van der Waals surface area contributed by atoms with Gasteiger partial charge in [-0.3, -0.25) is 29.2 Å². The number of fused-ring (bicyclic) bond motifs is 1. The molecule has 0 saturated carbocycles. The molecule has 4 aromatic rings. The standard InChI is InChI=1S/C33H29Cl2N7O6/c1-40-13-20(29(44)41(2)32(40)47)27(43)36-21-9-5-7-18(26(21)35)17-6-4-8-19(25(17)34)22-12-16-10-11-23(24(16)28(37-22)48-3)42-14-33(15-42)30(45)38-31(46)39-33/h4-9,12-13,23H,10-11,14-15H2,1-3H3,(H,36,43)(H2,38,39,45,46). The number of amides is 4. The molecule has 2 aliphatic heterocycles. The molecule has 1 atom stereocenters. The van der Waals surface area contributed by atoms with Crippen molar-refractivity contribution in [2.24, 2.45) is 14.1 Å². The molecule has 4 amide bonds. The van der Waals surface area contributed by atoms with Crippen LogP contribution in [0.5, 0.6) is 5.88 Å². The van der Waals surface area contributed by atoms with Crippen LogP contribution in [0.25, 0.3) is 22.4 Å². The van der Waals surface area contributed by atoms with Gasteiger partial charge in [0.25, 0.3) is 17.4 Å². The number of carbonyl (C=O) groups excluding carboxylic acids is 3. The number of pyridine rings is 1. The maximum absolute atomic E-state index is 13.1. The number of likely N-dealkylation sites (tertiary alicyclic amines) is 1. The van der Waals surface area contributed by atoms with Gasteiger partial charge in [0.05, 0.1) is 28.5 Å². The van der Waals surface area contributed by atoms with E-state index in [9.17, 15) is 24.0 Å². The molecule has 1 unspecified atom stereocenters. The van der Waals surface area contributed by atoms with Gasteiger partial charge in [-0.25, -0.2) is 14.6 Å². The smallest absolute Gasteiger partial charge is 0.330 e. The van der Waals surface area contributed by atoms with E-state index in [1.54, 1.807) is 31.4 Å². The molecule has 246 valence electrons. The van der Waals surface area contributed by atoms with Gasteiger partial charge in [-0.1, -0.05) is 53.5 Å². The lowest BCUT2D eigenvalue weighted by atomic mass is 9.87. The molecule has 13 nitrogen and oxygen atoms in total. The number of carbonyl (C=O) groups is 3. The minimum Gasteiger partial charge on any atom is -0.481 e. The Morgan fingerprint density at radius 3 is 2.40 bits per heavy atom. The van der Waals surface area contributed by atoms with Crippen molar-refractivity contribution in [3.63, 3.8) is 0 Å². The Morgan fingerprint density at radius 1 is 1.02 bits per heavy atom. The normalized spacial score (nSPS) is 17.9. The summed E-state index contributed by atoms with van der Waals surface area (Å²) in [4.78, 5) is 68.9. The summed E-state index contributed by atoms with van der Waals surface area (Å²) in [5.41, 5.74) is 2.24. The third kappa shape index (κ3) is 4.97. The van der Waals surface area contributed by atoms with Gasteiger partial charge in [0.2, 0.25) is 5.88 Å². The first-order valence-corrected chi connectivity index (χ1v) is 15.8. The molecule has 3 N–H and O–H groups in total. The molecule has 15 heteroatoms. The predicted molar refractivity (Wildman–Crippen MR) is 179 cm³/mol. The summed E-state index contributed by atoms with van der Waals surface area (Å²) in [6, 6.07) is 12.1. The molecule has 2 fully saturated rings. The van der Waals surface area contributed by atoms with Gasteiger partial charge in [-0.05, 0) is 30.5 Å². The Morgan fingerprint density at radius 2 is 1.71 bits per heavy atom. The first-order chi connectivity index (χ1) is 22.9. The summed E-state index contributed by atoms with van der Waals surface area (Å²) in [7, 11) is 4.31. The second-order valence-corrected chi connectivity index (χ2v) is 12.9. The first kappa shape index (κ1) is 31.6. The molecular weight excluding hydrogens is 661 g/mol. The van der Waals surface area contributed by atoms with Crippen molar-refractivity contribution in [3.05, 3.63) is 96.2 Å². The summed E-state index contributed by atoms with van der Waals surface area (Å²) in [6.07, 6.45) is 2.75. The lowest BCUT2D eigenvalue weighted by molar-refractivity contribution is -0.131. The Balaban J connectivity index is 1.18. The second-order valence-electron chi connectivity index (χ2n) is 12.1. The molecular formula is C33H29Cl2N7O6. The van der Waals surface area contributed by atoms with Gasteiger partial charge in [0, 0.05) is 61.7 Å². The maximum Gasteiger partial charge on any atom is 0.330 e. The Hall–Kier alpha value is -4.98. The molecule has 2 aromatic carbocycles. The fourth-order valence-electron chi connectivity index (χ4n) is 6.79. The number of hydrogen-bond acceptors (Lipinski definition) is 8. The van der Waals surface area contributed by atoms with Crippen LogP contribution in [0.4, 0.5) is 10.5 Å². The van der Waals surface area contributed by atoms with Crippen molar-refractivity contribution in [2.75, 3.05) is 25.5 Å². The summed E-state index contributed by atoms with van der Waals surface area (Å²) >= 11 is 13.9. The van der Waals surface area contributed by atoms with E-state index in [1.165, 1.54) is 20.3 Å². The fourth-order valence-corrected chi connectivity index (χ4v) is 7.39. The number of hydrogen-bond donors (Lipinski definition) is 3. The van der Waals surface area contributed by atoms with Crippen LogP contribution in [0.2, 0.25) is 10.0 Å². The molecule has 1 spiro atoms. The predicted octanol–water partition coefficient (Wildman–Crippen LogP) is 3.26. The lowest BCUT2D eigenvalue weighted by Crippen LogP contribution is -2.70. The molecule has 2 saturated heterocycles. The number of aryl methyl sites for hydroxylation is 2. The number of nitrogens with zero attached hydrogens (tertiary/aromatic N) is 4. The maximum atomic E-state index is 13.1. The van der Waals surface area contributed by atoms with Crippen molar-refractivity contribution in [3.8, 4) is 28.3 Å². The van der Waals surface area contributed by atoms with Crippen LogP contribution in [-0.4, -0.2) is 62.6 Å². The highest BCUT2D eigenvalue weighted by Gasteiger charge is 2.57.